The molecule has 1 aliphatic heterocycles. The van der Waals surface area contributed by atoms with Gasteiger partial charge in [0.2, 0.25) is 0 Å². The summed E-state index contributed by atoms with van der Waals surface area (Å²) >= 11 is 0. The lowest BCUT2D eigenvalue weighted by atomic mass is 10.1. The summed E-state index contributed by atoms with van der Waals surface area (Å²) in [5, 5.41) is 0. The Labute approximate surface area is 85.7 Å². The van der Waals surface area contributed by atoms with Crippen LogP contribution in [-0.2, 0) is 20.0 Å². The van der Waals surface area contributed by atoms with Gasteiger partial charge in [-0.15, -0.1) is 0 Å². The third-order valence-electron chi connectivity index (χ3n) is 3.00. The van der Waals surface area contributed by atoms with E-state index in [1.54, 1.807) is 0 Å². The van der Waals surface area contributed by atoms with Gasteiger partial charge in [0.25, 0.3) is 0 Å². The first-order chi connectivity index (χ1) is 6.59. The number of nitrogens with zero attached hydrogens (tertiary/aromatic N) is 3. The summed E-state index contributed by atoms with van der Waals surface area (Å²) < 4.78 is 2.28. The molecule has 0 spiro atoms. The Morgan fingerprint density at radius 3 is 2.64 bits per heavy atom. The van der Waals surface area contributed by atoms with Crippen molar-refractivity contribution in [2.45, 2.75) is 32.7 Å². The van der Waals surface area contributed by atoms with E-state index >= 15 is 0 Å². The highest BCUT2D eigenvalue weighted by Crippen LogP contribution is 2.22. The van der Waals surface area contributed by atoms with Crippen molar-refractivity contribution in [2.24, 2.45) is 7.05 Å². The van der Waals surface area contributed by atoms with Crippen LogP contribution in [0.4, 0.5) is 0 Å². The van der Waals surface area contributed by atoms with Crippen LogP contribution in [0.2, 0.25) is 0 Å². The normalized spacial score (nSPS) is 17.5. The first-order valence-corrected chi connectivity index (χ1v) is 5.32. The van der Waals surface area contributed by atoms with Crippen molar-refractivity contribution in [1.82, 2.24) is 14.5 Å². The molecule has 14 heavy (non-hydrogen) atoms. The average molecular weight is 193 g/mol. The van der Waals surface area contributed by atoms with Crippen molar-refractivity contribution < 1.29 is 0 Å². The largest absolute Gasteiger partial charge is 0.335 e. The topological polar surface area (TPSA) is 21.1 Å². The molecule has 0 saturated heterocycles. The third kappa shape index (κ3) is 1.46. The maximum absolute atomic E-state index is 4.72. The Kier molecular flexibility index (Phi) is 2.35. The summed E-state index contributed by atoms with van der Waals surface area (Å²) in [6.45, 7) is 6.58. The summed E-state index contributed by atoms with van der Waals surface area (Å²) in [4.78, 5) is 7.05. The van der Waals surface area contributed by atoms with E-state index in [0.717, 1.165) is 19.5 Å². The molecule has 0 amide bonds. The Morgan fingerprint density at radius 1 is 1.29 bits per heavy atom. The summed E-state index contributed by atoms with van der Waals surface area (Å²) in [5.41, 5.74) is 2.72. The van der Waals surface area contributed by atoms with Crippen molar-refractivity contribution in [3.8, 4) is 0 Å². The lowest BCUT2D eigenvalue weighted by Gasteiger charge is -2.21. The van der Waals surface area contributed by atoms with Crippen LogP contribution in [0.15, 0.2) is 0 Å². The second-order valence-electron chi connectivity index (χ2n) is 4.56. The van der Waals surface area contributed by atoms with Crippen LogP contribution in [0.3, 0.4) is 0 Å². The SMILES string of the molecule is CC(C)c1nc2c(n1C)CCN(C)C2. The number of rotatable bonds is 1. The van der Waals surface area contributed by atoms with Gasteiger partial charge in [-0.1, -0.05) is 13.8 Å². The monoisotopic (exact) mass is 193 g/mol. The number of hydrogen-bond acceptors (Lipinski definition) is 2. The van der Waals surface area contributed by atoms with Gasteiger partial charge < -0.3 is 9.47 Å². The molecule has 0 radical (unpaired) electrons. The first-order valence-electron chi connectivity index (χ1n) is 5.32. The van der Waals surface area contributed by atoms with Crippen LogP contribution < -0.4 is 0 Å². The fourth-order valence-electron chi connectivity index (χ4n) is 2.20. The van der Waals surface area contributed by atoms with Crippen LogP contribution >= 0.6 is 0 Å². The molecular formula is C11H19N3. The van der Waals surface area contributed by atoms with Gasteiger partial charge in [0.05, 0.1) is 5.69 Å². The number of aromatic nitrogens is 2. The standard InChI is InChI=1S/C11H19N3/c1-8(2)11-12-9-7-13(3)6-5-10(9)14(11)4/h8H,5-7H2,1-4H3. The molecule has 3 heteroatoms. The van der Waals surface area contributed by atoms with Gasteiger partial charge in [0.15, 0.2) is 0 Å². The molecular weight excluding hydrogens is 174 g/mol. The predicted octanol–water partition coefficient (Wildman–Crippen LogP) is 1.53. The van der Waals surface area contributed by atoms with E-state index in [9.17, 15) is 0 Å². The van der Waals surface area contributed by atoms with Gasteiger partial charge >= 0.3 is 0 Å². The Bertz CT molecular complexity index is 339. The van der Waals surface area contributed by atoms with Gasteiger partial charge in [-0.25, -0.2) is 4.98 Å². The highest BCUT2D eigenvalue weighted by molar-refractivity contribution is 5.21. The van der Waals surface area contributed by atoms with Crippen molar-refractivity contribution >= 4 is 0 Å². The lowest BCUT2D eigenvalue weighted by molar-refractivity contribution is 0.305. The van der Waals surface area contributed by atoms with Gasteiger partial charge in [-0.05, 0) is 7.05 Å². The second-order valence-corrected chi connectivity index (χ2v) is 4.56. The quantitative estimate of drug-likeness (QED) is 0.674. The minimum Gasteiger partial charge on any atom is -0.335 e. The summed E-state index contributed by atoms with van der Waals surface area (Å²) in [5.74, 6) is 1.75. The van der Waals surface area contributed by atoms with Gasteiger partial charge in [0.1, 0.15) is 5.82 Å². The van der Waals surface area contributed by atoms with Crippen LogP contribution in [0.1, 0.15) is 37.0 Å². The molecule has 1 aliphatic rings. The van der Waals surface area contributed by atoms with E-state index in [1.165, 1.54) is 17.2 Å². The van der Waals surface area contributed by atoms with Crippen LogP contribution in [-0.4, -0.2) is 28.0 Å². The maximum Gasteiger partial charge on any atom is 0.111 e. The minimum absolute atomic E-state index is 0.524. The van der Waals surface area contributed by atoms with E-state index in [0.29, 0.717) is 5.92 Å². The van der Waals surface area contributed by atoms with Gasteiger partial charge in [-0.3, -0.25) is 0 Å². The van der Waals surface area contributed by atoms with E-state index < -0.39 is 0 Å². The highest BCUT2D eigenvalue weighted by atomic mass is 15.2. The Hall–Kier alpha value is -0.830. The smallest absolute Gasteiger partial charge is 0.111 e. The van der Waals surface area contributed by atoms with Crippen molar-refractivity contribution in [3.63, 3.8) is 0 Å². The fraction of sp³-hybridized carbons (Fsp3) is 0.727. The summed E-state index contributed by atoms with van der Waals surface area (Å²) in [6, 6.07) is 0. The number of likely N-dealkylation sites (N-methyl/N-ethyl adjacent to an activating group) is 1. The molecule has 0 unspecified atom stereocenters. The molecule has 2 heterocycles. The molecule has 0 atom stereocenters. The highest BCUT2D eigenvalue weighted by Gasteiger charge is 2.21. The van der Waals surface area contributed by atoms with Gasteiger partial charge in [-0.2, -0.15) is 0 Å². The number of fused-ring (bicyclic) bond motifs is 1. The van der Waals surface area contributed by atoms with Crippen LogP contribution in [0, 0.1) is 0 Å². The lowest BCUT2D eigenvalue weighted by Crippen LogP contribution is -2.27. The zero-order chi connectivity index (χ0) is 10.3. The first kappa shape index (κ1) is 9.71. The predicted molar refractivity (Wildman–Crippen MR) is 57.3 cm³/mol. The summed E-state index contributed by atoms with van der Waals surface area (Å²) in [7, 11) is 4.30. The maximum atomic E-state index is 4.72. The number of imidazole rings is 1. The molecule has 3 nitrogen and oxygen atoms in total. The van der Waals surface area contributed by atoms with E-state index in [-0.39, 0.29) is 0 Å². The Balaban J connectivity index is 2.40. The minimum atomic E-state index is 0.524. The zero-order valence-corrected chi connectivity index (χ0v) is 9.54. The molecule has 0 saturated carbocycles. The molecule has 0 N–H and O–H groups in total. The van der Waals surface area contributed by atoms with Gasteiger partial charge in [0, 0.05) is 38.2 Å². The molecule has 2 rings (SSSR count). The third-order valence-corrected chi connectivity index (χ3v) is 3.00. The molecule has 0 bridgehead atoms. The van der Waals surface area contributed by atoms with Crippen LogP contribution in [0.5, 0.6) is 0 Å². The van der Waals surface area contributed by atoms with Crippen LogP contribution in [0.25, 0.3) is 0 Å². The van der Waals surface area contributed by atoms with E-state index in [2.05, 4.69) is 37.4 Å². The second kappa shape index (κ2) is 3.39. The van der Waals surface area contributed by atoms with Crippen molar-refractivity contribution in [2.75, 3.05) is 13.6 Å². The van der Waals surface area contributed by atoms with E-state index in [4.69, 9.17) is 4.98 Å². The molecule has 78 valence electrons. The van der Waals surface area contributed by atoms with Crippen molar-refractivity contribution in [3.05, 3.63) is 17.2 Å². The zero-order valence-electron chi connectivity index (χ0n) is 9.54. The molecule has 0 fully saturated rings. The van der Waals surface area contributed by atoms with E-state index in [1.807, 2.05) is 0 Å². The average Bonchev–Trinajstić information content (AvgIpc) is 2.43. The molecule has 0 aromatic carbocycles. The Morgan fingerprint density at radius 2 is 2.00 bits per heavy atom. The molecule has 1 aromatic rings. The molecule has 1 aromatic heterocycles. The fourth-order valence-corrected chi connectivity index (χ4v) is 2.20. The van der Waals surface area contributed by atoms with Crippen molar-refractivity contribution in [1.29, 1.82) is 0 Å². The molecule has 0 aliphatic carbocycles. The number of hydrogen-bond donors (Lipinski definition) is 0. The summed E-state index contributed by atoms with van der Waals surface area (Å²) in [6.07, 6.45) is 1.14.